The van der Waals surface area contributed by atoms with Crippen molar-refractivity contribution in [2.24, 2.45) is 12.8 Å². The Hall–Kier alpha value is -1.16. The lowest BCUT2D eigenvalue weighted by Gasteiger charge is -2.37. The average Bonchev–Trinajstić information content (AvgIpc) is 2.87. The van der Waals surface area contributed by atoms with Crippen LogP contribution in [0.1, 0.15) is 32.5 Å². The molecular formula is C15H28ClN5O3S. The lowest BCUT2D eigenvalue weighted by atomic mass is 9.95. The van der Waals surface area contributed by atoms with Gasteiger partial charge in [0, 0.05) is 39.4 Å². The van der Waals surface area contributed by atoms with E-state index in [9.17, 15) is 13.2 Å². The normalized spacial score (nSPS) is 18.5. The van der Waals surface area contributed by atoms with Crippen LogP contribution < -0.4 is 5.73 Å². The zero-order chi connectivity index (χ0) is 18.1. The minimum absolute atomic E-state index is 0. The minimum atomic E-state index is -3.63. The molecule has 1 unspecified atom stereocenters. The van der Waals surface area contributed by atoms with Gasteiger partial charge in [-0.05, 0) is 20.3 Å². The number of piperazine rings is 1. The number of hydrogen-bond donors (Lipinski definition) is 1. The lowest BCUT2D eigenvalue weighted by Crippen LogP contribution is -2.58. The third kappa shape index (κ3) is 4.52. The zero-order valence-corrected chi connectivity index (χ0v) is 16.9. The molecule has 0 spiro atoms. The summed E-state index contributed by atoms with van der Waals surface area (Å²) >= 11 is 0. The van der Waals surface area contributed by atoms with Gasteiger partial charge in [0.2, 0.25) is 5.91 Å². The van der Waals surface area contributed by atoms with Gasteiger partial charge in [-0.2, -0.15) is 4.31 Å². The van der Waals surface area contributed by atoms with E-state index in [0.29, 0.717) is 25.3 Å². The smallest absolute Gasteiger partial charge is 0.262 e. The van der Waals surface area contributed by atoms with Gasteiger partial charge in [0.1, 0.15) is 5.82 Å². The van der Waals surface area contributed by atoms with Crippen LogP contribution in [0, 0.1) is 6.92 Å². The first-order valence-corrected chi connectivity index (χ1v) is 9.62. The van der Waals surface area contributed by atoms with E-state index < -0.39 is 15.6 Å². The molecule has 1 aliphatic heterocycles. The number of rotatable bonds is 5. The first-order valence-electron chi connectivity index (χ1n) is 8.18. The van der Waals surface area contributed by atoms with E-state index >= 15 is 0 Å². The predicted molar refractivity (Wildman–Crippen MR) is 98.0 cm³/mol. The van der Waals surface area contributed by atoms with Crippen molar-refractivity contribution in [3.05, 3.63) is 12.0 Å². The lowest BCUT2D eigenvalue weighted by molar-refractivity contribution is -0.137. The second-order valence-corrected chi connectivity index (χ2v) is 8.49. The van der Waals surface area contributed by atoms with E-state index in [-0.39, 0.29) is 36.4 Å². The van der Waals surface area contributed by atoms with E-state index in [1.54, 1.807) is 30.4 Å². The monoisotopic (exact) mass is 393 g/mol. The third-order valence-corrected chi connectivity index (χ3v) is 6.24. The van der Waals surface area contributed by atoms with Gasteiger partial charge < -0.3 is 15.2 Å². The Balaban J connectivity index is 0.00000312. The Labute approximate surface area is 155 Å². The van der Waals surface area contributed by atoms with Crippen molar-refractivity contribution in [1.82, 2.24) is 18.8 Å². The zero-order valence-electron chi connectivity index (χ0n) is 15.2. The van der Waals surface area contributed by atoms with E-state index in [1.807, 2.05) is 6.92 Å². The molecule has 0 saturated carbocycles. The molecule has 144 valence electrons. The number of nitrogens with zero attached hydrogens (tertiary/aromatic N) is 4. The van der Waals surface area contributed by atoms with Crippen molar-refractivity contribution in [2.45, 2.75) is 44.2 Å². The van der Waals surface area contributed by atoms with Gasteiger partial charge in [0.15, 0.2) is 5.03 Å². The predicted octanol–water partition coefficient (Wildman–Crippen LogP) is 0.501. The van der Waals surface area contributed by atoms with Gasteiger partial charge in [-0.25, -0.2) is 13.4 Å². The number of sulfonamides is 1. The fourth-order valence-corrected chi connectivity index (χ4v) is 4.35. The van der Waals surface area contributed by atoms with Crippen molar-refractivity contribution in [2.75, 3.05) is 26.2 Å². The summed E-state index contributed by atoms with van der Waals surface area (Å²) in [5, 5.41) is 0.0527. The summed E-state index contributed by atoms with van der Waals surface area (Å²) < 4.78 is 28.4. The van der Waals surface area contributed by atoms with Crippen LogP contribution in [0.3, 0.4) is 0 Å². The fourth-order valence-electron chi connectivity index (χ4n) is 2.90. The SMILES string of the molecule is CCCC(C)(N)C(=O)N1CCN(S(=O)(=O)c2cn(C)c(C)n2)CC1.Cl. The number of aromatic nitrogens is 2. The molecule has 1 fully saturated rings. The summed E-state index contributed by atoms with van der Waals surface area (Å²) in [5.74, 6) is 0.524. The van der Waals surface area contributed by atoms with Crippen molar-refractivity contribution >= 4 is 28.3 Å². The van der Waals surface area contributed by atoms with Crippen LogP contribution in [0.15, 0.2) is 11.2 Å². The molecule has 2 heterocycles. The van der Waals surface area contributed by atoms with E-state index in [1.165, 1.54) is 10.5 Å². The molecule has 1 aliphatic rings. The molecule has 1 atom stereocenters. The van der Waals surface area contributed by atoms with Crippen molar-refractivity contribution < 1.29 is 13.2 Å². The van der Waals surface area contributed by atoms with Gasteiger partial charge in [0.05, 0.1) is 5.54 Å². The quantitative estimate of drug-likeness (QED) is 0.784. The highest BCUT2D eigenvalue weighted by Crippen LogP contribution is 2.19. The second-order valence-electron chi connectivity index (χ2n) is 6.60. The largest absolute Gasteiger partial charge is 0.338 e. The van der Waals surface area contributed by atoms with E-state index in [4.69, 9.17) is 5.73 Å². The Morgan fingerprint density at radius 3 is 2.32 bits per heavy atom. The van der Waals surface area contributed by atoms with E-state index in [0.717, 1.165) is 6.42 Å². The Bertz CT molecular complexity index is 689. The standard InChI is InChI=1S/C15H27N5O3S.ClH/c1-5-6-15(3,16)14(21)19-7-9-20(10-8-19)24(22,23)13-11-18(4)12(2)17-13;/h11H,5-10,16H2,1-4H3;1H. The summed E-state index contributed by atoms with van der Waals surface area (Å²) in [6.45, 7) is 6.68. The number of carbonyl (C=O) groups is 1. The highest BCUT2D eigenvalue weighted by Gasteiger charge is 2.36. The molecule has 0 aliphatic carbocycles. The maximum atomic E-state index is 12.7. The molecule has 8 nitrogen and oxygen atoms in total. The summed E-state index contributed by atoms with van der Waals surface area (Å²) in [4.78, 5) is 18.3. The van der Waals surface area contributed by atoms with Gasteiger partial charge in [-0.15, -0.1) is 12.4 Å². The molecule has 1 aromatic heterocycles. The fraction of sp³-hybridized carbons (Fsp3) is 0.733. The van der Waals surface area contributed by atoms with Crippen LogP contribution in [0.2, 0.25) is 0 Å². The topological polar surface area (TPSA) is 102 Å². The van der Waals surface area contributed by atoms with Crippen LogP contribution in [0.4, 0.5) is 0 Å². The molecule has 10 heteroatoms. The third-order valence-electron chi connectivity index (χ3n) is 4.47. The van der Waals surface area contributed by atoms with Crippen molar-refractivity contribution in [3.63, 3.8) is 0 Å². The molecule has 1 aromatic rings. The highest BCUT2D eigenvalue weighted by molar-refractivity contribution is 7.89. The summed E-state index contributed by atoms with van der Waals surface area (Å²) in [6.07, 6.45) is 2.95. The Morgan fingerprint density at radius 1 is 1.32 bits per heavy atom. The van der Waals surface area contributed by atoms with Gasteiger partial charge in [-0.3, -0.25) is 4.79 Å². The molecule has 1 saturated heterocycles. The van der Waals surface area contributed by atoms with Gasteiger partial charge >= 0.3 is 0 Å². The van der Waals surface area contributed by atoms with Crippen LogP contribution in [-0.2, 0) is 21.9 Å². The Morgan fingerprint density at radius 2 is 1.88 bits per heavy atom. The van der Waals surface area contributed by atoms with E-state index in [2.05, 4.69) is 4.98 Å². The summed E-state index contributed by atoms with van der Waals surface area (Å²) in [5.41, 5.74) is 5.20. The van der Waals surface area contributed by atoms with Gasteiger partial charge in [-0.1, -0.05) is 13.3 Å². The van der Waals surface area contributed by atoms with Crippen molar-refractivity contribution in [3.8, 4) is 0 Å². The molecule has 0 radical (unpaired) electrons. The van der Waals surface area contributed by atoms with Crippen LogP contribution in [-0.4, -0.2) is 64.8 Å². The van der Waals surface area contributed by atoms with Crippen LogP contribution in [0.25, 0.3) is 0 Å². The molecule has 2 rings (SSSR count). The molecule has 2 N–H and O–H groups in total. The minimum Gasteiger partial charge on any atom is -0.338 e. The van der Waals surface area contributed by atoms with Gasteiger partial charge in [0.25, 0.3) is 10.0 Å². The number of nitrogens with two attached hydrogens (primary N) is 1. The average molecular weight is 394 g/mol. The highest BCUT2D eigenvalue weighted by atomic mass is 35.5. The Kier molecular flexibility index (Phi) is 7.03. The number of imidazole rings is 1. The molecule has 1 amide bonds. The van der Waals surface area contributed by atoms with Crippen LogP contribution >= 0.6 is 12.4 Å². The molecule has 25 heavy (non-hydrogen) atoms. The summed E-state index contributed by atoms with van der Waals surface area (Å²) in [7, 11) is -1.87. The summed E-state index contributed by atoms with van der Waals surface area (Å²) in [6, 6.07) is 0. The van der Waals surface area contributed by atoms with Crippen LogP contribution in [0.5, 0.6) is 0 Å². The first-order chi connectivity index (χ1) is 11.1. The maximum absolute atomic E-state index is 12.7. The molecular weight excluding hydrogens is 366 g/mol. The number of hydrogen-bond acceptors (Lipinski definition) is 5. The second kappa shape index (κ2) is 8.03. The number of carbonyl (C=O) groups excluding carboxylic acids is 1. The molecule has 0 aromatic carbocycles. The number of aryl methyl sites for hydroxylation is 2. The van der Waals surface area contributed by atoms with Crippen molar-refractivity contribution in [1.29, 1.82) is 0 Å². The molecule has 0 bridgehead atoms. The first kappa shape index (κ1) is 21.9. The number of halogens is 1. The maximum Gasteiger partial charge on any atom is 0.262 e. The number of amides is 1.